The topological polar surface area (TPSA) is 35.6 Å². The first-order chi connectivity index (χ1) is 15.6. The highest BCUT2D eigenvalue weighted by atomic mass is 35.5. The number of piperazine rings is 1. The first-order valence-corrected chi connectivity index (χ1v) is 12.5. The van der Waals surface area contributed by atoms with Gasteiger partial charge in [-0.1, -0.05) is 55.8 Å². The number of thiophene rings is 1. The summed E-state index contributed by atoms with van der Waals surface area (Å²) in [6.45, 7) is 9.55. The Labute approximate surface area is 199 Å². The number of nitrogens with one attached hydrogen (secondary N) is 1. The van der Waals surface area contributed by atoms with Crippen LogP contribution >= 0.6 is 22.9 Å². The Balaban J connectivity index is 1.71. The molecule has 1 aromatic heterocycles. The van der Waals surface area contributed by atoms with E-state index in [1.54, 1.807) is 11.3 Å². The molecule has 1 aliphatic rings. The molecule has 2 aromatic carbocycles. The number of amides is 1. The molecule has 1 fully saturated rings. The maximum atomic E-state index is 13.0. The van der Waals surface area contributed by atoms with Crippen LogP contribution in [0.15, 0.2) is 60.7 Å². The van der Waals surface area contributed by atoms with Crippen LogP contribution in [0.25, 0.3) is 0 Å². The fourth-order valence-electron chi connectivity index (χ4n) is 4.27. The highest BCUT2D eigenvalue weighted by Crippen LogP contribution is 2.40. The summed E-state index contributed by atoms with van der Waals surface area (Å²) >= 11 is 7.89. The van der Waals surface area contributed by atoms with E-state index < -0.39 is 0 Å². The molecule has 1 amide bonds. The van der Waals surface area contributed by atoms with Gasteiger partial charge in [-0.3, -0.25) is 9.69 Å². The summed E-state index contributed by atoms with van der Waals surface area (Å²) < 4.78 is 0. The Morgan fingerprint density at radius 2 is 1.72 bits per heavy atom. The maximum Gasteiger partial charge on any atom is 0.256 e. The summed E-state index contributed by atoms with van der Waals surface area (Å²) in [5.41, 5.74) is 3.04. The zero-order valence-corrected chi connectivity index (χ0v) is 20.3. The van der Waals surface area contributed by atoms with Crippen LogP contribution in [0.4, 0.5) is 5.00 Å². The van der Waals surface area contributed by atoms with Gasteiger partial charge >= 0.3 is 0 Å². The van der Waals surface area contributed by atoms with Gasteiger partial charge in [-0.25, -0.2) is 0 Å². The number of hydrogen-bond acceptors (Lipinski definition) is 4. The number of carbonyl (C=O) groups is 1. The van der Waals surface area contributed by atoms with Crippen LogP contribution in [0, 0.1) is 0 Å². The molecule has 1 unspecified atom stereocenters. The Kier molecular flexibility index (Phi) is 7.63. The Bertz CT molecular complexity index is 1030. The molecule has 1 aliphatic heterocycles. The van der Waals surface area contributed by atoms with E-state index in [9.17, 15) is 4.79 Å². The number of nitrogens with zero attached hydrogens (tertiary/aromatic N) is 2. The molecular formula is C26H30ClN3OS. The van der Waals surface area contributed by atoms with Gasteiger partial charge in [0.15, 0.2) is 0 Å². The van der Waals surface area contributed by atoms with E-state index >= 15 is 0 Å². The van der Waals surface area contributed by atoms with Crippen molar-refractivity contribution in [1.29, 1.82) is 0 Å². The number of carbonyl (C=O) groups excluding carboxylic acids is 1. The zero-order valence-electron chi connectivity index (χ0n) is 18.7. The molecule has 168 valence electrons. The second-order valence-electron chi connectivity index (χ2n) is 8.10. The van der Waals surface area contributed by atoms with Crippen molar-refractivity contribution in [2.24, 2.45) is 0 Å². The van der Waals surface area contributed by atoms with Crippen molar-refractivity contribution in [2.45, 2.75) is 26.3 Å². The Morgan fingerprint density at radius 3 is 2.34 bits per heavy atom. The molecule has 1 N–H and O–H groups in total. The molecule has 0 spiro atoms. The molecule has 2 heterocycles. The average molecular weight is 468 g/mol. The van der Waals surface area contributed by atoms with E-state index in [-0.39, 0.29) is 11.9 Å². The van der Waals surface area contributed by atoms with Crippen molar-refractivity contribution in [3.8, 4) is 0 Å². The lowest BCUT2D eigenvalue weighted by Crippen LogP contribution is -2.47. The summed E-state index contributed by atoms with van der Waals surface area (Å²) in [5, 5.41) is 4.89. The quantitative estimate of drug-likeness (QED) is 0.466. The summed E-state index contributed by atoms with van der Waals surface area (Å²) in [6, 6.07) is 19.9. The van der Waals surface area contributed by atoms with Crippen LogP contribution in [0.3, 0.4) is 0 Å². The lowest BCUT2D eigenvalue weighted by Gasteiger charge is -2.39. The van der Waals surface area contributed by atoms with Crippen LogP contribution < -0.4 is 5.32 Å². The van der Waals surface area contributed by atoms with E-state index in [0.29, 0.717) is 5.56 Å². The van der Waals surface area contributed by atoms with Gasteiger partial charge in [0, 0.05) is 47.2 Å². The minimum absolute atomic E-state index is 0.0676. The minimum Gasteiger partial charge on any atom is -0.313 e. The molecule has 0 radical (unpaired) electrons. The van der Waals surface area contributed by atoms with E-state index in [1.807, 2.05) is 42.5 Å². The molecule has 1 atom stereocenters. The number of halogens is 1. The van der Waals surface area contributed by atoms with Crippen LogP contribution in [0.1, 0.15) is 46.3 Å². The second-order valence-corrected chi connectivity index (χ2v) is 9.67. The first kappa shape index (κ1) is 23.0. The van der Waals surface area contributed by atoms with Gasteiger partial charge in [-0.15, -0.1) is 11.3 Å². The van der Waals surface area contributed by atoms with Crippen molar-refractivity contribution in [3.05, 3.63) is 87.3 Å². The van der Waals surface area contributed by atoms with E-state index in [1.165, 1.54) is 16.0 Å². The van der Waals surface area contributed by atoms with Gasteiger partial charge in [-0.05, 0) is 48.9 Å². The number of aryl methyl sites for hydroxylation is 1. The molecule has 4 nitrogen and oxygen atoms in total. The predicted octanol–water partition coefficient (Wildman–Crippen LogP) is 5.94. The van der Waals surface area contributed by atoms with Crippen molar-refractivity contribution in [2.75, 3.05) is 38.0 Å². The molecule has 6 heteroatoms. The van der Waals surface area contributed by atoms with Crippen molar-refractivity contribution < 1.29 is 4.79 Å². The van der Waals surface area contributed by atoms with Crippen LogP contribution in [-0.2, 0) is 6.42 Å². The zero-order chi connectivity index (χ0) is 22.5. The van der Waals surface area contributed by atoms with Gasteiger partial charge in [0.1, 0.15) is 5.00 Å². The van der Waals surface area contributed by atoms with Gasteiger partial charge in [-0.2, -0.15) is 0 Å². The Morgan fingerprint density at radius 1 is 1.03 bits per heavy atom. The smallest absolute Gasteiger partial charge is 0.256 e. The fraction of sp³-hybridized carbons (Fsp3) is 0.346. The molecule has 3 aromatic rings. The van der Waals surface area contributed by atoms with Crippen molar-refractivity contribution in [1.82, 2.24) is 9.80 Å². The average Bonchev–Trinajstić information content (AvgIpc) is 3.23. The van der Waals surface area contributed by atoms with Crippen LogP contribution in [0.2, 0.25) is 5.02 Å². The number of benzene rings is 2. The lowest BCUT2D eigenvalue weighted by atomic mass is 9.97. The van der Waals surface area contributed by atoms with E-state index in [0.717, 1.165) is 49.2 Å². The largest absolute Gasteiger partial charge is 0.313 e. The highest BCUT2D eigenvalue weighted by Gasteiger charge is 2.29. The number of likely N-dealkylation sites (N-methyl/N-ethyl adjacent to an activating group) is 1. The number of hydrogen-bond donors (Lipinski definition) is 1. The summed E-state index contributed by atoms with van der Waals surface area (Å²) in [4.78, 5) is 19.3. The molecule has 0 bridgehead atoms. The van der Waals surface area contributed by atoms with Gasteiger partial charge in [0.2, 0.25) is 0 Å². The third-order valence-corrected chi connectivity index (χ3v) is 7.59. The third-order valence-electron chi connectivity index (χ3n) is 6.12. The predicted molar refractivity (Wildman–Crippen MR) is 135 cm³/mol. The number of rotatable bonds is 7. The van der Waals surface area contributed by atoms with Gasteiger partial charge in [0.05, 0.1) is 6.04 Å². The molecule has 0 aliphatic carbocycles. The first-order valence-electron chi connectivity index (χ1n) is 11.3. The van der Waals surface area contributed by atoms with Crippen molar-refractivity contribution in [3.63, 3.8) is 0 Å². The highest BCUT2D eigenvalue weighted by molar-refractivity contribution is 7.16. The molecule has 1 saturated heterocycles. The Hall–Kier alpha value is -2.18. The minimum atomic E-state index is -0.0676. The molecular weight excluding hydrogens is 438 g/mol. The normalized spacial score (nSPS) is 16.1. The summed E-state index contributed by atoms with van der Waals surface area (Å²) in [6.07, 6.45) is 0.940. The van der Waals surface area contributed by atoms with Crippen molar-refractivity contribution >= 4 is 33.8 Å². The lowest BCUT2D eigenvalue weighted by molar-refractivity contribution is 0.102. The monoisotopic (exact) mass is 467 g/mol. The van der Waals surface area contributed by atoms with E-state index in [2.05, 4.69) is 47.2 Å². The van der Waals surface area contributed by atoms with Gasteiger partial charge < -0.3 is 10.2 Å². The maximum absolute atomic E-state index is 13.0. The fourth-order valence-corrected chi connectivity index (χ4v) is 5.42. The van der Waals surface area contributed by atoms with Crippen LogP contribution in [-0.4, -0.2) is 48.4 Å². The second kappa shape index (κ2) is 10.6. The summed E-state index contributed by atoms with van der Waals surface area (Å²) in [7, 11) is 0. The molecule has 32 heavy (non-hydrogen) atoms. The standard InChI is InChI=1S/C26H30ClN3OS/c1-3-22-18-23(26(32-22)28-25(31)20-8-6-5-7-9-20)24(19-10-12-21(27)13-11-19)30-16-14-29(4-2)15-17-30/h5-13,18,24H,3-4,14-17H2,1-2H3,(H,28,31). The molecule has 4 rings (SSSR count). The number of anilines is 1. The van der Waals surface area contributed by atoms with Gasteiger partial charge in [0.25, 0.3) is 5.91 Å². The molecule has 0 saturated carbocycles. The summed E-state index contributed by atoms with van der Waals surface area (Å²) in [5.74, 6) is -0.0676. The van der Waals surface area contributed by atoms with Crippen LogP contribution in [0.5, 0.6) is 0 Å². The third kappa shape index (κ3) is 5.24. The SMILES string of the molecule is CCc1cc(C(c2ccc(Cl)cc2)N2CCN(CC)CC2)c(NC(=O)c2ccccc2)s1. The van der Waals surface area contributed by atoms with E-state index in [4.69, 9.17) is 11.6 Å².